The summed E-state index contributed by atoms with van der Waals surface area (Å²) in [5.41, 5.74) is 2.02. The van der Waals surface area contributed by atoms with Gasteiger partial charge in [0.25, 0.3) is 0 Å². The van der Waals surface area contributed by atoms with Gasteiger partial charge in [0.05, 0.1) is 12.2 Å². The number of aromatic amines is 1. The highest BCUT2D eigenvalue weighted by Crippen LogP contribution is 2.13. The summed E-state index contributed by atoms with van der Waals surface area (Å²) < 4.78 is 0. The van der Waals surface area contributed by atoms with Gasteiger partial charge in [0.2, 0.25) is 0 Å². The lowest BCUT2D eigenvalue weighted by atomic mass is 10.2. The van der Waals surface area contributed by atoms with Gasteiger partial charge in [-0.3, -0.25) is 5.10 Å². The van der Waals surface area contributed by atoms with Crippen LogP contribution in [0.4, 0.5) is 5.82 Å². The van der Waals surface area contributed by atoms with Gasteiger partial charge in [-0.1, -0.05) is 13.8 Å². The number of rotatable bonds is 4. The Morgan fingerprint density at radius 3 is 2.82 bits per heavy atom. The van der Waals surface area contributed by atoms with Gasteiger partial charge in [0.15, 0.2) is 0 Å². The highest BCUT2D eigenvalue weighted by molar-refractivity contribution is 5.36. The van der Waals surface area contributed by atoms with Crippen molar-refractivity contribution in [2.24, 2.45) is 0 Å². The third-order valence-electron chi connectivity index (χ3n) is 2.41. The van der Waals surface area contributed by atoms with Crippen LogP contribution >= 0.6 is 0 Å². The minimum atomic E-state index is 0.336. The highest BCUT2D eigenvalue weighted by Gasteiger charge is 2.06. The Morgan fingerprint density at radius 1 is 1.35 bits per heavy atom. The first-order chi connectivity index (χ1) is 8.15. The van der Waals surface area contributed by atoms with Crippen molar-refractivity contribution >= 4 is 5.82 Å². The molecule has 0 amide bonds. The summed E-state index contributed by atoms with van der Waals surface area (Å²) >= 11 is 0. The molecule has 0 fully saturated rings. The van der Waals surface area contributed by atoms with Crippen molar-refractivity contribution in [3.8, 4) is 0 Å². The maximum absolute atomic E-state index is 4.48. The first-order valence-corrected chi connectivity index (χ1v) is 5.73. The van der Waals surface area contributed by atoms with Crippen LogP contribution < -0.4 is 5.32 Å². The number of H-pyrrole nitrogens is 1. The number of nitrogens with one attached hydrogen (secondary N) is 2. The summed E-state index contributed by atoms with van der Waals surface area (Å²) in [4.78, 5) is 8.88. The van der Waals surface area contributed by atoms with Crippen LogP contribution in [0.25, 0.3) is 0 Å². The zero-order valence-corrected chi connectivity index (χ0v) is 10.4. The number of aryl methyl sites for hydroxylation is 1. The van der Waals surface area contributed by atoms with Gasteiger partial charge < -0.3 is 5.32 Å². The van der Waals surface area contributed by atoms with Crippen molar-refractivity contribution in [1.82, 2.24) is 20.2 Å². The predicted octanol–water partition coefficient (Wildman–Crippen LogP) is 2.24. The molecule has 5 nitrogen and oxygen atoms in total. The van der Waals surface area contributed by atoms with Crippen molar-refractivity contribution < 1.29 is 0 Å². The molecule has 0 aliphatic carbocycles. The van der Waals surface area contributed by atoms with E-state index in [0.717, 1.165) is 23.0 Å². The van der Waals surface area contributed by atoms with Crippen LogP contribution in [0.15, 0.2) is 18.3 Å². The Labute approximate surface area is 101 Å². The molecule has 2 heterocycles. The maximum atomic E-state index is 4.48. The topological polar surface area (TPSA) is 66.5 Å². The van der Waals surface area contributed by atoms with E-state index < -0.39 is 0 Å². The molecule has 5 heteroatoms. The Bertz CT molecular complexity index is 476. The van der Waals surface area contributed by atoms with Crippen molar-refractivity contribution in [3.63, 3.8) is 0 Å². The van der Waals surface area contributed by atoms with Crippen LogP contribution in [0.2, 0.25) is 0 Å². The molecular weight excluding hydrogens is 214 g/mol. The van der Waals surface area contributed by atoms with E-state index in [0.29, 0.717) is 12.5 Å². The molecule has 0 aromatic carbocycles. The number of nitrogens with zero attached hydrogens (tertiary/aromatic N) is 3. The van der Waals surface area contributed by atoms with E-state index in [1.807, 2.05) is 19.1 Å². The minimum Gasteiger partial charge on any atom is -0.364 e. The second-order valence-electron chi connectivity index (χ2n) is 4.34. The Balaban J connectivity index is 2.10. The SMILES string of the molecule is Cc1cc(NCc2ccn[nH]2)nc(C(C)C)n1. The maximum Gasteiger partial charge on any atom is 0.133 e. The number of hydrogen-bond donors (Lipinski definition) is 2. The summed E-state index contributed by atoms with van der Waals surface area (Å²) in [6.45, 7) is 6.85. The molecule has 0 saturated carbocycles. The highest BCUT2D eigenvalue weighted by atomic mass is 15.1. The van der Waals surface area contributed by atoms with Crippen LogP contribution in [0.5, 0.6) is 0 Å². The van der Waals surface area contributed by atoms with E-state index in [1.54, 1.807) is 6.20 Å². The fourth-order valence-electron chi connectivity index (χ4n) is 1.51. The van der Waals surface area contributed by atoms with E-state index >= 15 is 0 Å². The largest absolute Gasteiger partial charge is 0.364 e. The molecule has 17 heavy (non-hydrogen) atoms. The molecule has 0 unspecified atom stereocenters. The average molecular weight is 231 g/mol. The van der Waals surface area contributed by atoms with E-state index in [4.69, 9.17) is 0 Å². The molecule has 0 atom stereocenters. The van der Waals surface area contributed by atoms with E-state index in [9.17, 15) is 0 Å². The lowest BCUT2D eigenvalue weighted by Gasteiger charge is -2.09. The average Bonchev–Trinajstić information content (AvgIpc) is 2.78. The molecule has 0 saturated heterocycles. The van der Waals surface area contributed by atoms with Crippen LogP contribution in [-0.4, -0.2) is 20.2 Å². The third-order valence-corrected chi connectivity index (χ3v) is 2.41. The summed E-state index contributed by atoms with van der Waals surface area (Å²) in [5.74, 6) is 2.07. The van der Waals surface area contributed by atoms with Crippen molar-refractivity contribution in [2.45, 2.75) is 33.2 Å². The molecule has 0 spiro atoms. The molecule has 90 valence electrons. The second-order valence-corrected chi connectivity index (χ2v) is 4.34. The van der Waals surface area contributed by atoms with Gasteiger partial charge in [-0.2, -0.15) is 5.10 Å². The molecule has 0 bridgehead atoms. The smallest absolute Gasteiger partial charge is 0.133 e. The first kappa shape index (κ1) is 11.6. The van der Waals surface area contributed by atoms with Crippen LogP contribution in [0.1, 0.15) is 37.0 Å². The number of aromatic nitrogens is 4. The Hall–Kier alpha value is -1.91. The summed E-state index contributed by atoms with van der Waals surface area (Å²) in [6, 6.07) is 3.88. The lowest BCUT2D eigenvalue weighted by molar-refractivity contribution is 0.766. The molecule has 0 radical (unpaired) electrons. The monoisotopic (exact) mass is 231 g/mol. The van der Waals surface area contributed by atoms with Crippen LogP contribution in [0.3, 0.4) is 0 Å². The Morgan fingerprint density at radius 2 is 2.18 bits per heavy atom. The Kier molecular flexibility index (Phi) is 3.37. The molecule has 0 aliphatic heterocycles. The molecule has 0 aliphatic rings. The van der Waals surface area contributed by atoms with Gasteiger partial charge in [-0.25, -0.2) is 9.97 Å². The zero-order chi connectivity index (χ0) is 12.3. The van der Waals surface area contributed by atoms with Crippen molar-refractivity contribution in [1.29, 1.82) is 0 Å². The molecule has 2 N–H and O–H groups in total. The van der Waals surface area contributed by atoms with Crippen LogP contribution in [0, 0.1) is 6.92 Å². The van der Waals surface area contributed by atoms with E-state index in [2.05, 4.69) is 39.3 Å². The molecule has 2 aromatic rings. The quantitative estimate of drug-likeness (QED) is 0.847. The zero-order valence-electron chi connectivity index (χ0n) is 10.4. The van der Waals surface area contributed by atoms with E-state index in [1.165, 1.54) is 0 Å². The fraction of sp³-hybridized carbons (Fsp3) is 0.417. The van der Waals surface area contributed by atoms with Crippen molar-refractivity contribution in [3.05, 3.63) is 35.5 Å². The van der Waals surface area contributed by atoms with Gasteiger partial charge >= 0.3 is 0 Å². The van der Waals surface area contributed by atoms with Gasteiger partial charge in [-0.05, 0) is 13.0 Å². The summed E-state index contributed by atoms with van der Waals surface area (Å²) in [5, 5.41) is 10.1. The standard InChI is InChI=1S/C12H17N5/c1-8(2)12-15-9(3)6-11(16-12)13-7-10-4-5-14-17-10/h4-6,8H,7H2,1-3H3,(H,14,17)(H,13,15,16). The van der Waals surface area contributed by atoms with Crippen LogP contribution in [-0.2, 0) is 6.54 Å². The van der Waals surface area contributed by atoms with Crippen molar-refractivity contribution in [2.75, 3.05) is 5.32 Å². The molecular formula is C12H17N5. The fourth-order valence-corrected chi connectivity index (χ4v) is 1.51. The van der Waals surface area contributed by atoms with Gasteiger partial charge in [0, 0.05) is 23.9 Å². The molecule has 2 rings (SSSR count). The second kappa shape index (κ2) is 4.95. The minimum absolute atomic E-state index is 0.336. The lowest BCUT2D eigenvalue weighted by Crippen LogP contribution is -2.06. The number of hydrogen-bond acceptors (Lipinski definition) is 4. The third kappa shape index (κ3) is 3.03. The molecule has 2 aromatic heterocycles. The van der Waals surface area contributed by atoms with E-state index in [-0.39, 0.29) is 0 Å². The van der Waals surface area contributed by atoms with Gasteiger partial charge in [0.1, 0.15) is 11.6 Å². The summed E-state index contributed by atoms with van der Waals surface area (Å²) in [6.07, 6.45) is 1.74. The van der Waals surface area contributed by atoms with Gasteiger partial charge in [-0.15, -0.1) is 0 Å². The number of anilines is 1. The first-order valence-electron chi connectivity index (χ1n) is 5.73. The summed E-state index contributed by atoms with van der Waals surface area (Å²) in [7, 11) is 0. The predicted molar refractivity (Wildman–Crippen MR) is 66.8 cm³/mol. The normalized spacial score (nSPS) is 10.8.